The summed E-state index contributed by atoms with van der Waals surface area (Å²) in [5.41, 5.74) is 8.38. The van der Waals surface area contributed by atoms with Crippen LogP contribution in [0.3, 0.4) is 0 Å². The van der Waals surface area contributed by atoms with E-state index < -0.39 is 6.04 Å². The number of nitrogens with one attached hydrogen (secondary N) is 1. The first kappa shape index (κ1) is 21.1. The highest BCUT2D eigenvalue weighted by Crippen LogP contribution is 2.16. The zero-order chi connectivity index (χ0) is 21.6. The van der Waals surface area contributed by atoms with Crippen LogP contribution >= 0.6 is 0 Å². The largest absolute Gasteiger partial charge is 0.383 e. The van der Waals surface area contributed by atoms with Crippen LogP contribution in [0.1, 0.15) is 30.9 Å². The van der Waals surface area contributed by atoms with Gasteiger partial charge in [0.1, 0.15) is 11.9 Å². The van der Waals surface area contributed by atoms with Gasteiger partial charge in [0.2, 0.25) is 5.91 Å². The smallest absolute Gasteiger partial charge is 0.244 e. The predicted octanol–water partition coefficient (Wildman–Crippen LogP) is 3.71. The molecule has 0 bridgehead atoms. The van der Waals surface area contributed by atoms with Crippen molar-refractivity contribution in [3.63, 3.8) is 0 Å². The fraction of sp³-hybridized carbons (Fsp3) is 0.308. The SMILES string of the molecule is CC(N=C(N)c1ccc2ccccc2c1)C(=O)NC1CCN(Cc2ccccc2)CC1. The molecule has 5 heteroatoms. The van der Waals surface area contributed by atoms with Crippen molar-refractivity contribution in [2.45, 2.75) is 38.4 Å². The van der Waals surface area contributed by atoms with Gasteiger partial charge in [-0.1, -0.05) is 66.7 Å². The van der Waals surface area contributed by atoms with Gasteiger partial charge in [-0.2, -0.15) is 0 Å². The van der Waals surface area contributed by atoms with E-state index in [0.717, 1.165) is 48.8 Å². The number of amides is 1. The van der Waals surface area contributed by atoms with E-state index in [2.05, 4.69) is 45.5 Å². The molecule has 0 aliphatic carbocycles. The fourth-order valence-corrected chi connectivity index (χ4v) is 4.09. The Morgan fingerprint density at radius 2 is 1.71 bits per heavy atom. The topological polar surface area (TPSA) is 70.7 Å². The number of fused-ring (bicyclic) bond motifs is 1. The molecular weight excluding hydrogens is 384 g/mol. The first-order valence-electron chi connectivity index (χ1n) is 11.0. The maximum absolute atomic E-state index is 12.7. The standard InChI is InChI=1S/C26H30N4O/c1-19(28-25(27)23-12-11-21-9-5-6-10-22(21)17-23)26(31)29-24-13-15-30(16-14-24)18-20-7-3-2-4-8-20/h2-12,17,19,24H,13-16,18H2,1H3,(H2,27,28)(H,29,31). The van der Waals surface area contributed by atoms with Gasteiger partial charge in [-0.3, -0.25) is 14.7 Å². The second-order valence-corrected chi connectivity index (χ2v) is 8.30. The lowest BCUT2D eigenvalue weighted by Crippen LogP contribution is -2.46. The molecule has 1 fully saturated rings. The molecule has 1 aliphatic rings. The summed E-state index contributed by atoms with van der Waals surface area (Å²) in [5.74, 6) is 0.330. The summed E-state index contributed by atoms with van der Waals surface area (Å²) in [5, 5.41) is 5.43. The molecule has 4 rings (SSSR count). The van der Waals surface area contributed by atoms with E-state index in [1.165, 1.54) is 5.56 Å². The normalized spacial score (nSPS) is 16.9. The third kappa shape index (κ3) is 5.50. The van der Waals surface area contributed by atoms with E-state index in [1.54, 1.807) is 6.92 Å². The maximum atomic E-state index is 12.7. The highest BCUT2D eigenvalue weighted by Gasteiger charge is 2.23. The first-order chi connectivity index (χ1) is 15.1. The fourth-order valence-electron chi connectivity index (χ4n) is 4.09. The Labute approximate surface area is 184 Å². The summed E-state index contributed by atoms with van der Waals surface area (Å²) in [4.78, 5) is 19.6. The van der Waals surface area contributed by atoms with E-state index in [1.807, 2.05) is 42.5 Å². The minimum Gasteiger partial charge on any atom is -0.383 e. The number of nitrogens with zero attached hydrogens (tertiary/aromatic N) is 2. The van der Waals surface area contributed by atoms with Crippen LogP contribution in [0.15, 0.2) is 77.8 Å². The third-order valence-electron chi connectivity index (χ3n) is 5.94. The molecule has 5 nitrogen and oxygen atoms in total. The molecule has 0 spiro atoms. The lowest BCUT2D eigenvalue weighted by molar-refractivity contribution is -0.122. The van der Waals surface area contributed by atoms with E-state index in [4.69, 9.17) is 5.73 Å². The number of hydrogen-bond donors (Lipinski definition) is 2. The van der Waals surface area contributed by atoms with Crippen molar-refractivity contribution in [1.82, 2.24) is 10.2 Å². The number of rotatable bonds is 6. The minimum absolute atomic E-state index is 0.0646. The molecule has 160 valence electrons. The Kier molecular flexibility index (Phi) is 6.63. The number of nitrogens with two attached hydrogens (primary N) is 1. The number of amidine groups is 1. The van der Waals surface area contributed by atoms with Gasteiger partial charge in [-0.15, -0.1) is 0 Å². The Morgan fingerprint density at radius 1 is 1.03 bits per heavy atom. The van der Waals surface area contributed by atoms with Gasteiger partial charge >= 0.3 is 0 Å². The van der Waals surface area contributed by atoms with E-state index in [-0.39, 0.29) is 11.9 Å². The van der Waals surface area contributed by atoms with Crippen LogP contribution in [-0.4, -0.2) is 41.8 Å². The number of hydrogen-bond acceptors (Lipinski definition) is 3. The lowest BCUT2D eigenvalue weighted by atomic mass is 10.0. The second kappa shape index (κ2) is 9.75. The van der Waals surface area contributed by atoms with Crippen LogP contribution in [0.4, 0.5) is 0 Å². The van der Waals surface area contributed by atoms with Crippen LogP contribution in [0.5, 0.6) is 0 Å². The number of piperidine rings is 1. The van der Waals surface area contributed by atoms with Gasteiger partial charge in [-0.05, 0) is 42.2 Å². The second-order valence-electron chi connectivity index (χ2n) is 8.30. The summed E-state index contributed by atoms with van der Waals surface area (Å²) in [6.07, 6.45) is 1.91. The van der Waals surface area contributed by atoms with Gasteiger partial charge in [0, 0.05) is 31.2 Å². The number of benzene rings is 3. The molecule has 1 heterocycles. The summed E-state index contributed by atoms with van der Waals surface area (Å²) in [7, 11) is 0. The summed E-state index contributed by atoms with van der Waals surface area (Å²) in [6, 6.07) is 24.3. The third-order valence-corrected chi connectivity index (χ3v) is 5.94. The zero-order valence-electron chi connectivity index (χ0n) is 18.0. The quantitative estimate of drug-likeness (QED) is 0.477. The number of carbonyl (C=O) groups is 1. The molecule has 3 aromatic carbocycles. The van der Waals surface area contributed by atoms with Crippen LogP contribution in [0.2, 0.25) is 0 Å². The molecule has 1 amide bonds. The van der Waals surface area contributed by atoms with Crippen molar-refractivity contribution in [2.24, 2.45) is 10.7 Å². The molecule has 1 atom stereocenters. The Balaban J connectivity index is 1.30. The van der Waals surface area contributed by atoms with E-state index in [0.29, 0.717) is 5.84 Å². The molecule has 1 saturated heterocycles. The van der Waals surface area contributed by atoms with Crippen LogP contribution < -0.4 is 11.1 Å². The van der Waals surface area contributed by atoms with Crippen molar-refractivity contribution >= 4 is 22.5 Å². The Morgan fingerprint density at radius 3 is 2.45 bits per heavy atom. The van der Waals surface area contributed by atoms with E-state index in [9.17, 15) is 4.79 Å². The lowest BCUT2D eigenvalue weighted by Gasteiger charge is -2.32. The zero-order valence-corrected chi connectivity index (χ0v) is 18.0. The highest BCUT2D eigenvalue weighted by molar-refractivity contribution is 6.02. The van der Waals surface area contributed by atoms with Crippen LogP contribution in [-0.2, 0) is 11.3 Å². The molecule has 3 aromatic rings. The number of likely N-dealkylation sites (tertiary alicyclic amines) is 1. The van der Waals surface area contributed by atoms with Gasteiger partial charge in [0.25, 0.3) is 0 Å². The van der Waals surface area contributed by atoms with E-state index >= 15 is 0 Å². The van der Waals surface area contributed by atoms with Crippen molar-refractivity contribution in [1.29, 1.82) is 0 Å². The number of aliphatic imine (C=N–C) groups is 1. The minimum atomic E-state index is -0.520. The molecule has 0 radical (unpaired) electrons. The van der Waals surface area contributed by atoms with Crippen molar-refractivity contribution in [2.75, 3.05) is 13.1 Å². The monoisotopic (exact) mass is 414 g/mol. The Bertz CT molecular complexity index is 1060. The Hall–Kier alpha value is -3.18. The molecule has 0 aromatic heterocycles. The maximum Gasteiger partial charge on any atom is 0.244 e. The van der Waals surface area contributed by atoms with Gasteiger partial charge in [0.05, 0.1) is 0 Å². The first-order valence-corrected chi connectivity index (χ1v) is 11.0. The highest BCUT2D eigenvalue weighted by atomic mass is 16.2. The van der Waals surface area contributed by atoms with Crippen molar-refractivity contribution in [3.8, 4) is 0 Å². The molecule has 3 N–H and O–H groups in total. The molecule has 31 heavy (non-hydrogen) atoms. The van der Waals surface area contributed by atoms with Gasteiger partial charge in [0.15, 0.2) is 0 Å². The molecule has 0 saturated carbocycles. The van der Waals surface area contributed by atoms with Gasteiger partial charge in [-0.25, -0.2) is 0 Å². The van der Waals surface area contributed by atoms with Gasteiger partial charge < -0.3 is 11.1 Å². The molecule has 1 unspecified atom stereocenters. The summed E-state index contributed by atoms with van der Waals surface area (Å²) in [6.45, 7) is 4.73. The summed E-state index contributed by atoms with van der Waals surface area (Å²) >= 11 is 0. The average molecular weight is 415 g/mol. The van der Waals surface area contributed by atoms with Crippen molar-refractivity contribution < 1.29 is 4.79 Å². The predicted molar refractivity (Wildman–Crippen MR) is 127 cm³/mol. The average Bonchev–Trinajstić information content (AvgIpc) is 2.80. The molecular formula is C26H30N4O. The summed E-state index contributed by atoms with van der Waals surface area (Å²) < 4.78 is 0. The number of carbonyl (C=O) groups excluding carboxylic acids is 1. The van der Waals surface area contributed by atoms with Crippen LogP contribution in [0, 0.1) is 0 Å². The molecule has 1 aliphatic heterocycles. The van der Waals surface area contributed by atoms with Crippen LogP contribution in [0.25, 0.3) is 10.8 Å². The van der Waals surface area contributed by atoms with Crippen molar-refractivity contribution in [3.05, 3.63) is 83.9 Å².